The Morgan fingerprint density at radius 3 is 1.62 bits per heavy atom. The van der Waals surface area contributed by atoms with Crippen LogP contribution in [0, 0.1) is 17.0 Å². The first-order valence-corrected chi connectivity index (χ1v) is 22.5. The lowest BCUT2D eigenvalue weighted by Gasteiger charge is -2.14. The summed E-state index contributed by atoms with van der Waals surface area (Å²) < 4.78 is 168. The Morgan fingerprint density at radius 1 is 0.550 bits per heavy atom. The fourth-order valence-electron chi connectivity index (χ4n) is 5.08. The summed E-state index contributed by atoms with van der Waals surface area (Å²) in [4.78, 5) is 5.39. The number of nitrogens with two attached hydrogens (primary N) is 1. The molecule has 5 aromatic carbocycles. The molecule has 0 aliphatic carbocycles. The van der Waals surface area contributed by atoms with Gasteiger partial charge in [-0.25, -0.2) is 0 Å². The van der Waals surface area contributed by atoms with Gasteiger partial charge in [-0.1, -0.05) is 0 Å². The number of nitro benzene ring substituents is 1. The second-order valence-corrected chi connectivity index (χ2v) is 18.8. The zero-order chi connectivity index (χ0) is 44.9. The zero-order valence-corrected chi connectivity index (χ0v) is 33.3. The number of benzene rings is 5. The summed E-state index contributed by atoms with van der Waals surface area (Å²) in [6.45, 7) is 1.44. The van der Waals surface area contributed by atoms with E-state index in [-0.39, 0.29) is 16.9 Å². The Morgan fingerprint density at radius 2 is 1.07 bits per heavy atom. The molecule has 26 nitrogen and oxygen atoms in total. The van der Waals surface area contributed by atoms with Gasteiger partial charge in [-0.2, -0.15) is 52.3 Å². The Balaban J connectivity index is 1.63. The fraction of sp³-hybridized carbons (Fsp3) is 0.0345. The topological polar surface area (TPSA) is 435 Å². The number of azo groups is 3. The first-order valence-electron chi connectivity index (χ1n) is 15.3. The van der Waals surface area contributed by atoms with E-state index in [0.717, 1.165) is 0 Å². The van der Waals surface area contributed by atoms with Crippen LogP contribution in [-0.4, -0.2) is 74.9 Å². The van der Waals surface area contributed by atoms with Crippen LogP contribution in [0.1, 0.15) is 5.56 Å². The van der Waals surface area contributed by atoms with Crippen LogP contribution in [0.3, 0.4) is 0 Å². The van der Waals surface area contributed by atoms with Gasteiger partial charge in [-0.15, -0.1) is 20.5 Å². The average molecular weight is 931 g/mol. The quantitative estimate of drug-likeness (QED) is 0.0254. The predicted molar refractivity (Wildman–Crippen MR) is 202 cm³/mol. The van der Waals surface area contributed by atoms with E-state index in [1.165, 1.54) is 25.1 Å². The number of fused-ring (bicyclic) bond motifs is 1. The molecule has 0 aromatic heterocycles. The molecule has 0 aliphatic heterocycles. The third-order valence-electron chi connectivity index (χ3n) is 7.80. The number of rotatable bonds is 12. The van der Waals surface area contributed by atoms with Crippen LogP contribution in [0.4, 0.5) is 45.5 Å². The summed E-state index contributed by atoms with van der Waals surface area (Å²) in [6.07, 6.45) is 0. The summed E-state index contributed by atoms with van der Waals surface area (Å²) in [6, 6.07) is 8.44. The molecule has 0 radical (unpaired) electrons. The summed E-state index contributed by atoms with van der Waals surface area (Å²) in [7, 11) is -25.6. The number of nitrogens with zero attached hydrogens (tertiary/aromatic N) is 7. The highest BCUT2D eigenvalue weighted by atomic mass is 32.2. The number of nitrogen functional groups attached to an aromatic ring is 1. The molecule has 0 aliphatic rings. The molecule has 0 spiro atoms. The highest BCUT2D eigenvalue weighted by Gasteiger charge is 2.29. The molecule has 0 bridgehead atoms. The van der Waals surface area contributed by atoms with Gasteiger partial charge in [0.2, 0.25) is 0 Å². The van der Waals surface area contributed by atoms with Crippen LogP contribution in [0.2, 0.25) is 0 Å². The van der Waals surface area contributed by atoms with Crippen molar-refractivity contribution < 1.29 is 74.9 Å². The molecule has 0 saturated carbocycles. The van der Waals surface area contributed by atoms with E-state index in [2.05, 4.69) is 30.7 Å². The summed E-state index contributed by atoms with van der Waals surface area (Å²) >= 11 is 0. The highest BCUT2D eigenvalue weighted by molar-refractivity contribution is 7.87. The van der Waals surface area contributed by atoms with Crippen LogP contribution in [-0.2, 0) is 50.6 Å². The lowest BCUT2D eigenvalue weighted by molar-refractivity contribution is -0.384. The maximum Gasteiger partial charge on any atom is 0.298 e. The highest BCUT2D eigenvalue weighted by Crippen LogP contribution is 2.49. The summed E-state index contributed by atoms with van der Waals surface area (Å²) in [5, 5.41) is 43.5. The van der Waals surface area contributed by atoms with Crippen molar-refractivity contribution in [3.8, 4) is 5.75 Å². The molecule has 0 fully saturated rings. The molecule has 31 heteroatoms. The Kier molecular flexibility index (Phi) is 11.7. The fourth-order valence-corrected chi connectivity index (χ4v) is 8.04. The van der Waals surface area contributed by atoms with Crippen LogP contribution >= 0.6 is 0 Å². The van der Waals surface area contributed by atoms with Gasteiger partial charge in [0.25, 0.3) is 56.3 Å². The molecule has 0 amide bonds. The van der Waals surface area contributed by atoms with Crippen LogP contribution in [0.25, 0.3) is 10.8 Å². The third-order valence-corrected chi connectivity index (χ3v) is 12.2. The lowest BCUT2D eigenvalue weighted by atomic mass is 10.0. The van der Waals surface area contributed by atoms with Crippen molar-refractivity contribution in [2.24, 2.45) is 30.7 Å². The van der Waals surface area contributed by atoms with E-state index in [4.69, 9.17) is 5.73 Å². The molecular weight excluding hydrogens is 909 g/mol. The number of hydrogen-bond acceptors (Lipinski definition) is 20. The third kappa shape index (κ3) is 9.60. The van der Waals surface area contributed by atoms with Crippen LogP contribution in [0.5, 0.6) is 5.75 Å². The van der Waals surface area contributed by atoms with E-state index in [1.54, 1.807) is 0 Å². The first-order chi connectivity index (χ1) is 27.5. The number of aromatic hydroxyl groups is 1. The number of aryl methyl sites for hydroxylation is 1. The van der Waals surface area contributed by atoms with Gasteiger partial charge >= 0.3 is 0 Å². The van der Waals surface area contributed by atoms with Crippen molar-refractivity contribution in [3.05, 3.63) is 82.4 Å². The molecule has 0 unspecified atom stereocenters. The van der Waals surface area contributed by atoms with E-state index >= 15 is 0 Å². The normalized spacial score (nSPS) is 13.2. The number of nitro groups is 1. The SMILES string of the molecule is Cc1cc(N=Nc2cc(S(=O)(=O)O)c3cc(S(=O)(=O)O)c(N=Nc4ccc(S(=O)(=O)O)cc4[N+](=O)[O-])c(O)c3c2N)ccc1N=Nc1cc(S(=O)(=O)O)ccc1S(=O)(=O)O. The Bertz CT molecular complexity index is 3360. The van der Waals surface area contributed by atoms with Gasteiger partial charge in [0.05, 0.1) is 32.3 Å². The molecule has 0 heterocycles. The molecule has 0 atom stereocenters. The smallest absolute Gasteiger partial charge is 0.298 e. The van der Waals surface area contributed by atoms with Crippen molar-refractivity contribution in [3.63, 3.8) is 0 Å². The average Bonchev–Trinajstić information content (AvgIpc) is 3.11. The van der Waals surface area contributed by atoms with Gasteiger partial charge in [0.15, 0.2) is 11.4 Å². The predicted octanol–water partition coefficient (Wildman–Crippen LogP) is 5.82. The second-order valence-electron chi connectivity index (χ2n) is 11.8. The largest absolute Gasteiger partial charge is 0.505 e. The number of anilines is 1. The van der Waals surface area contributed by atoms with Crippen LogP contribution < -0.4 is 5.73 Å². The molecule has 5 aromatic rings. The van der Waals surface area contributed by atoms with Crippen LogP contribution in [0.15, 0.2) is 122 Å². The Hall–Kier alpha value is -6.29. The van der Waals surface area contributed by atoms with Crippen molar-refractivity contribution >= 4 is 107 Å². The minimum atomic E-state index is -5.49. The molecule has 60 heavy (non-hydrogen) atoms. The van der Waals surface area contributed by atoms with Gasteiger partial charge in [-0.05, 0) is 73.2 Å². The van der Waals surface area contributed by atoms with Gasteiger partial charge in [0, 0.05) is 11.5 Å². The maximum absolute atomic E-state index is 12.5. The minimum absolute atomic E-state index is 0.00679. The van der Waals surface area contributed by atoms with Gasteiger partial charge in [0.1, 0.15) is 36.6 Å². The van der Waals surface area contributed by atoms with E-state index in [0.29, 0.717) is 48.5 Å². The van der Waals surface area contributed by atoms with Crippen molar-refractivity contribution in [2.45, 2.75) is 31.4 Å². The zero-order valence-electron chi connectivity index (χ0n) is 29.2. The molecule has 5 rings (SSSR count). The second kappa shape index (κ2) is 15.7. The van der Waals surface area contributed by atoms with E-state index in [9.17, 15) is 80.1 Å². The van der Waals surface area contributed by atoms with E-state index in [1.807, 2.05) is 0 Å². The number of hydrogen-bond donors (Lipinski definition) is 7. The number of phenolic OH excluding ortho intramolecular Hbond substituents is 1. The molecule has 316 valence electrons. The lowest BCUT2D eigenvalue weighted by Crippen LogP contribution is -2.04. The molecule has 0 saturated heterocycles. The standard InChI is InChI=1S/C29H22N8O18S5/c1-13-8-14(2-5-18(13)32-34-20-9-15(56(41,42)43)4-7-23(20)58(47,48)49)31-35-21-12-24(59(50,51)52)17-11-25(60(53,54)55)28(29(38)26(17)27(21)30)36-33-19-6-3-16(57(44,45)46)10-22(19)37(39)40/h2-12,38H,30H2,1H3,(H,41,42,43)(H,44,45,46)(H,47,48,49)(H,50,51,52)(H,53,54,55). The summed E-state index contributed by atoms with van der Waals surface area (Å²) in [5.41, 5.74) is 1.38. The number of phenols is 1. The monoisotopic (exact) mass is 930 g/mol. The first kappa shape index (κ1) is 44.8. The summed E-state index contributed by atoms with van der Waals surface area (Å²) in [5.74, 6) is -1.34. The minimum Gasteiger partial charge on any atom is -0.505 e. The van der Waals surface area contributed by atoms with Crippen molar-refractivity contribution in [1.82, 2.24) is 0 Å². The van der Waals surface area contributed by atoms with Crippen molar-refractivity contribution in [2.75, 3.05) is 5.73 Å². The van der Waals surface area contributed by atoms with E-state index < -0.39 is 131 Å². The maximum atomic E-state index is 12.5. The van der Waals surface area contributed by atoms with Gasteiger partial charge in [-0.3, -0.25) is 32.9 Å². The molecular formula is C29H22N8O18S5. The van der Waals surface area contributed by atoms with Crippen molar-refractivity contribution in [1.29, 1.82) is 0 Å². The molecule has 8 N–H and O–H groups in total. The van der Waals surface area contributed by atoms with Gasteiger partial charge < -0.3 is 10.8 Å². The Labute approximate surface area is 336 Å².